The van der Waals surface area contributed by atoms with Crippen LogP contribution in [0.4, 0.5) is 19.0 Å². The highest BCUT2D eigenvalue weighted by atomic mass is 19.4. The summed E-state index contributed by atoms with van der Waals surface area (Å²) in [5, 5.41) is 16.6. The molecule has 1 aromatic heterocycles. The number of nitrogens with zero attached hydrogens (tertiary/aromatic N) is 4. The minimum atomic E-state index is -5.08. The fraction of sp³-hybridized carbons (Fsp3) is 0.611. The molecule has 1 aromatic rings. The van der Waals surface area contributed by atoms with E-state index in [4.69, 9.17) is 9.90 Å². The second-order valence-electron chi connectivity index (χ2n) is 6.64. The highest BCUT2D eigenvalue weighted by Crippen LogP contribution is 2.30. The van der Waals surface area contributed by atoms with E-state index in [1.54, 1.807) is 24.9 Å². The van der Waals surface area contributed by atoms with Crippen molar-refractivity contribution in [1.82, 2.24) is 14.9 Å². The van der Waals surface area contributed by atoms with Crippen LogP contribution in [-0.2, 0) is 14.4 Å². The van der Waals surface area contributed by atoms with Crippen molar-refractivity contribution in [3.63, 3.8) is 0 Å². The first-order valence-electron chi connectivity index (χ1n) is 9.26. The number of carbonyl (C=O) groups excluding carboxylic acids is 1. The molecule has 0 atom stereocenters. The zero-order valence-electron chi connectivity index (χ0n) is 16.9. The largest absolute Gasteiger partial charge is 0.490 e. The van der Waals surface area contributed by atoms with E-state index >= 15 is 0 Å². The third-order valence-electron chi connectivity index (χ3n) is 4.92. The highest BCUT2D eigenvalue weighted by molar-refractivity contribution is 6.01. The normalized spacial score (nSPS) is 14.6. The van der Waals surface area contributed by atoms with Crippen molar-refractivity contribution in [3.8, 4) is 0 Å². The zero-order valence-corrected chi connectivity index (χ0v) is 16.9. The van der Waals surface area contributed by atoms with E-state index in [-0.39, 0.29) is 5.91 Å². The molecule has 0 aliphatic carbocycles. The standard InChI is InChI=1S/C16H24N4O3.C2HF3O2/c1-4-16(5-2,15(22)23)14(21)20-10-8-19(9-11-20)13-6-7-17-12(3)18-13;3-2(4,5)1(6)7/h6-7H,4-5,8-11H2,1-3H3,(H,22,23);(H,6,7). The monoisotopic (exact) mass is 434 g/mol. The molecule has 2 N–H and O–H groups in total. The molecule has 0 unspecified atom stereocenters. The quantitative estimate of drug-likeness (QED) is 0.674. The molecule has 0 bridgehead atoms. The smallest absolute Gasteiger partial charge is 0.480 e. The Labute approximate surface area is 171 Å². The Morgan fingerprint density at radius 1 is 1.03 bits per heavy atom. The molecule has 0 saturated carbocycles. The first kappa shape index (κ1) is 25.1. The number of aryl methyl sites for hydroxylation is 1. The van der Waals surface area contributed by atoms with E-state index in [1.165, 1.54) is 0 Å². The molecule has 1 amide bonds. The van der Waals surface area contributed by atoms with E-state index in [0.29, 0.717) is 44.8 Å². The van der Waals surface area contributed by atoms with Gasteiger partial charge in [-0.25, -0.2) is 14.8 Å². The van der Waals surface area contributed by atoms with Gasteiger partial charge in [0.1, 0.15) is 17.1 Å². The van der Waals surface area contributed by atoms with Crippen molar-refractivity contribution >= 4 is 23.7 Å². The molecule has 1 fully saturated rings. The molecule has 1 saturated heterocycles. The van der Waals surface area contributed by atoms with Crippen molar-refractivity contribution in [2.24, 2.45) is 5.41 Å². The van der Waals surface area contributed by atoms with Crippen LogP contribution >= 0.6 is 0 Å². The number of carboxylic acid groups (broad SMARTS) is 2. The summed E-state index contributed by atoms with van der Waals surface area (Å²) in [5.41, 5.74) is -1.30. The van der Waals surface area contributed by atoms with Crippen LogP contribution in [0.5, 0.6) is 0 Å². The number of carbonyl (C=O) groups is 3. The van der Waals surface area contributed by atoms with Gasteiger partial charge >= 0.3 is 18.1 Å². The summed E-state index contributed by atoms with van der Waals surface area (Å²) in [6.07, 6.45) is -2.75. The number of amides is 1. The van der Waals surface area contributed by atoms with E-state index in [2.05, 4.69) is 14.9 Å². The topological polar surface area (TPSA) is 124 Å². The van der Waals surface area contributed by atoms with Gasteiger partial charge in [-0.15, -0.1) is 0 Å². The first-order chi connectivity index (χ1) is 13.9. The molecule has 168 valence electrons. The van der Waals surface area contributed by atoms with Crippen LogP contribution in [0.2, 0.25) is 0 Å². The third-order valence-corrected chi connectivity index (χ3v) is 4.92. The maximum Gasteiger partial charge on any atom is 0.490 e. The molecule has 2 heterocycles. The highest BCUT2D eigenvalue weighted by Gasteiger charge is 2.45. The molecule has 0 aromatic carbocycles. The first-order valence-corrected chi connectivity index (χ1v) is 9.26. The fourth-order valence-electron chi connectivity index (χ4n) is 3.01. The maximum atomic E-state index is 12.7. The Morgan fingerprint density at radius 3 is 1.90 bits per heavy atom. The van der Waals surface area contributed by atoms with Crippen LogP contribution < -0.4 is 4.90 Å². The van der Waals surface area contributed by atoms with Gasteiger partial charge in [-0.1, -0.05) is 13.8 Å². The van der Waals surface area contributed by atoms with Crippen molar-refractivity contribution < 1.29 is 37.8 Å². The number of piperazine rings is 1. The Kier molecular flexibility index (Phi) is 8.55. The molecule has 1 aliphatic heterocycles. The van der Waals surface area contributed by atoms with Crippen LogP contribution in [0.1, 0.15) is 32.5 Å². The van der Waals surface area contributed by atoms with Crippen LogP contribution in [0.3, 0.4) is 0 Å². The molecule has 0 spiro atoms. The summed E-state index contributed by atoms with van der Waals surface area (Å²) in [6.45, 7) is 7.67. The summed E-state index contributed by atoms with van der Waals surface area (Å²) in [7, 11) is 0. The Hall–Kier alpha value is -2.92. The van der Waals surface area contributed by atoms with Gasteiger partial charge in [-0.2, -0.15) is 13.2 Å². The lowest BCUT2D eigenvalue weighted by Crippen LogP contribution is -2.55. The second-order valence-corrected chi connectivity index (χ2v) is 6.64. The van der Waals surface area contributed by atoms with Crippen molar-refractivity contribution in [3.05, 3.63) is 18.1 Å². The van der Waals surface area contributed by atoms with Crippen molar-refractivity contribution in [1.29, 1.82) is 0 Å². The van der Waals surface area contributed by atoms with Crippen LogP contribution in [0.25, 0.3) is 0 Å². The molecule has 2 rings (SSSR count). The van der Waals surface area contributed by atoms with Gasteiger partial charge in [0.2, 0.25) is 5.91 Å². The van der Waals surface area contributed by atoms with Gasteiger partial charge in [0.05, 0.1) is 0 Å². The van der Waals surface area contributed by atoms with E-state index in [9.17, 15) is 27.9 Å². The van der Waals surface area contributed by atoms with Gasteiger partial charge in [0.15, 0.2) is 0 Å². The number of hydrogen-bond donors (Lipinski definition) is 2. The maximum absolute atomic E-state index is 12.7. The predicted molar refractivity (Wildman–Crippen MR) is 99.9 cm³/mol. The second kappa shape index (κ2) is 10.2. The number of aliphatic carboxylic acids is 2. The Balaban J connectivity index is 0.000000553. The summed E-state index contributed by atoms with van der Waals surface area (Å²) >= 11 is 0. The lowest BCUT2D eigenvalue weighted by Gasteiger charge is -2.39. The van der Waals surface area contributed by atoms with Gasteiger partial charge in [0, 0.05) is 32.4 Å². The van der Waals surface area contributed by atoms with Crippen LogP contribution in [-0.4, -0.2) is 75.3 Å². The number of rotatable bonds is 5. The lowest BCUT2D eigenvalue weighted by atomic mass is 9.80. The lowest BCUT2D eigenvalue weighted by molar-refractivity contribution is -0.192. The molecule has 30 heavy (non-hydrogen) atoms. The minimum Gasteiger partial charge on any atom is -0.480 e. The zero-order chi connectivity index (χ0) is 23.1. The van der Waals surface area contributed by atoms with E-state index in [0.717, 1.165) is 5.82 Å². The Bertz CT molecular complexity index is 760. The number of aromatic nitrogens is 2. The van der Waals surface area contributed by atoms with Crippen molar-refractivity contribution in [2.45, 2.75) is 39.8 Å². The summed E-state index contributed by atoms with van der Waals surface area (Å²) in [5.74, 6) is -2.50. The molecular weight excluding hydrogens is 409 g/mol. The molecule has 1 aliphatic rings. The van der Waals surface area contributed by atoms with E-state index < -0.39 is 23.5 Å². The van der Waals surface area contributed by atoms with Gasteiger partial charge in [-0.3, -0.25) is 9.59 Å². The van der Waals surface area contributed by atoms with Gasteiger partial charge < -0.3 is 20.0 Å². The summed E-state index contributed by atoms with van der Waals surface area (Å²) in [4.78, 5) is 45.5. The number of anilines is 1. The molecular formula is C18H25F3N4O5. The SMILES string of the molecule is CCC(CC)(C(=O)O)C(=O)N1CCN(c2ccnc(C)n2)CC1.O=C(O)C(F)(F)F. The fourth-order valence-corrected chi connectivity index (χ4v) is 3.01. The predicted octanol–water partition coefficient (Wildman–Crippen LogP) is 1.96. The molecule has 0 radical (unpaired) electrons. The number of carboxylic acids is 2. The van der Waals surface area contributed by atoms with E-state index in [1.807, 2.05) is 13.0 Å². The third kappa shape index (κ3) is 6.04. The number of alkyl halides is 3. The average Bonchev–Trinajstić information content (AvgIpc) is 2.69. The van der Waals surface area contributed by atoms with Crippen LogP contribution in [0, 0.1) is 12.3 Å². The summed E-state index contributed by atoms with van der Waals surface area (Å²) in [6, 6.07) is 1.85. The number of hydrogen-bond acceptors (Lipinski definition) is 6. The van der Waals surface area contributed by atoms with Crippen molar-refractivity contribution in [2.75, 3.05) is 31.1 Å². The average molecular weight is 434 g/mol. The molecule has 12 heteroatoms. The van der Waals surface area contributed by atoms with Gasteiger partial charge in [0.25, 0.3) is 0 Å². The summed E-state index contributed by atoms with van der Waals surface area (Å²) < 4.78 is 31.7. The molecule has 9 nitrogen and oxygen atoms in total. The van der Waals surface area contributed by atoms with Crippen LogP contribution in [0.15, 0.2) is 12.3 Å². The Morgan fingerprint density at radius 2 is 1.53 bits per heavy atom. The minimum absolute atomic E-state index is 0.270. The van der Waals surface area contributed by atoms with Gasteiger partial charge in [-0.05, 0) is 25.8 Å². The number of halogens is 3.